The second kappa shape index (κ2) is 11.9. The molecule has 0 spiro atoms. The highest BCUT2D eigenvalue weighted by atomic mass is 16.5. The van der Waals surface area contributed by atoms with E-state index in [1.165, 1.54) is 0 Å². The van der Waals surface area contributed by atoms with E-state index >= 15 is 0 Å². The number of ether oxygens (including phenoxy) is 1. The Balaban J connectivity index is 2.84. The summed E-state index contributed by atoms with van der Waals surface area (Å²) in [5.74, 6) is -0.152. The molecule has 0 bridgehead atoms. The highest BCUT2D eigenvalue weighted by Gasteiger charge is 2.35. The Hall–Kier alpha value is -2.14. The first kappa shape index (κ1) is 25.9. The average Bonchev–Trinajstić information content (AvgIpc) is 2.70. The van der Waals surface area contributed by atoms with Crippen molar-refractivity contribution in [3.8, 4) is 0 Å². The zero-order chi connectivity index (χ0) is 22.9. The third-order valence-electron chi connectivity index (χ3n) is 5.88. The van der Waals surface area contributed by atoms with Crippen LogP contribution in [-0.4, -0.2) is 50.1 Å². The second-order valence-corrected chi connectivity index (χ2v) is 8.95. The lowest BCUT2D eigenvalue weighted by Crippen LogP contribution is -2.47. The number of carbonyl (C=O) groups is 2. The SMILES string of the molecule is CC[C@H](C(=O)NCC(=O)N(C)[C@H](/C=C(\C)COC)C(C)C)C(C)(C)c1ccccc1. The molecule has 1 N–H and O–H groups in total. The van der Waals surface area contributed by atoms with Gasteiger partial charge >= 0.3 is 0 Å². The highest BCUT2D eigenvalue weighted by Crippen LogP contribution is 2.33. The molecular weight excluding hydrogens is 376 g/mol. The summed E-state index contributed by atoms with van der Waals surface area (Å²) in [7, 11) is 3.45. The van der Waals surface area contributed by atoms with E-state index in [4.69, 9.17) is 4.74 Å². The van der Waals surface area contributed by atoms with Crippen LogP contribution in [0.1, 0.15) is 53.5 Å². The van der Waals surface area contributed by atoms with Crippen molar-refractivity contribution in [2.45, 2.75) is 59.4 Å². The van der Waals surface area contributed by atoms with Gasteiger partial charge in [0.05, 0.1) is 19.2 Å². The predicted octanol–water partition coefficient (Wildman–Crippen LogP) is 4.18. The lowest BCUT2D eigenvalue weighted by Gasteiger charge is -2.34. The lowest BCUT2D eigenvalue weighted by atomic mass is 9.71. The molecule has 0 aliphatic heterocycles. The van der Waals surface area contributed by atoms with Gasteiger partial charge in [-0.2, -0.15) is 0 Å². The molecular formula is C25H40N2O3. The van der Waals surface area contributed by atoms with Gasteiger partial charge in [0.15, 0.2) is 0 Å². The smallest absolute Gasteiger partial charge is 0.242 e. The van der Waals surface area contributed by atoms with Crippen LogP contribution in [0, 0.1) is 11.8 Å². The van der Waals surface area contributed by atoms with E-state index in [9.17, 15) is 9.59 Å². The van der Waals surface area contributed by atoms with E-state index in [0.717, 1.165) is 11.1 Å². The average molecular weight is 417 g/mol. The Bertz CT molecular complexity index is 710. The first-order valence-corrected chi connectivity index (χ1v) is 10.8. The zero-order valence-corrected chi connectivity index (χ0v) is 20.0. The molecule has 30 heavy (non-hydrogen) atoms. The summed E-state index contributed by atoms with van der Waals surface area (Å²) in [6, 6.07) is 10.0. The van der Waals surface area contributed by atoms with Crippen LogP contribution in [0.15, 0.2) is 42.0 Å². The van der Waals surface area contributed by atoms with Crippen molar-refractivity contribution in [2.24, 2.45) is 11.8 Å². The van der Waals surface area contributed by atoms with Crippen LogP contribution < -0.4 is 5.32 Å². The number of nitrogens with one attached hydrogen (secondary N) is 1. The normalized spacial score (nSPS) is 14.4. The minimum absolute atomic E-state index is 0.00289. The fraction of sp³-hybridized carbons (Fsp3) is 0.600. The molecule has 168 valence electrons. The van der Waals surface area contributed by atoms with Crippen molar-refractivity contribution in [1.82, 2.24) is 10.2 Å². The minimum Gasteiger partial charge on any atom is -0.380 e. The quantitative estimate of drug-likeness (QED) is 0.551. The Kier molecular flexibility index (Phi) is 10.3. The van der Waals surface area contributed by atoms with Crippen LogP contribution in [-0.2, 0) is 19.7 Å². The van der Waals surface area contributed by atoms with Gasteiger partial charge in [-0.05, 0) is 30.4 Å². The van der Waals surface area contributed by atoms with E-state index in [-0.39, 0.29) is 41.7 Å². The molecule has 0 heterocycles. The predicted molar refractivity (Wildman–Crippen MR) is 123 cm³/mol. The van der Waals surface area contributed by atoms with E-state index in [0.29, 0.717) is 13.0 Å². The van der Waals surface area contributed by atoms with Gasteiger partial charge in [0.2, 0.25) is 11.8 Å². The van der Waals surface area contributed by atoms with Gasteiger partial charge in [0, 0.05) is 25.5 Å². The minimum atomic E-state index is -0.324. The van der Waals surface area contributed by atoms with Gasteiger partial charge in [-0.3, -0.25) is 9.59 Å². The van der Waals surface area contributed by atoms with Crippen molar-refractivity contribution < 1.29 is 14.3 Å². The maximum atomic E-state index is 13.0. The maximum absolute atomic E-state index is 13.0. The van der Waals surface area contributed by atoms with Gasteiger partial charge in [0.25, 0.3) is 0 Å². The van der Waals surface area contributed by atoms with Gasteiger partial charge in [-0.15, -0.1) is 0 Å². The Morgan fingerprint density at radius 2 is 1.80 bits per heavy atom. The summed E-state index contributed by atoms with van der Waals surface area (Å²) in [5, 5.41) is 2.89. The van der Waals surface area contributed by atoms with Crippen LogP contribution in [0.2, 0.25) is 0 Å². The number of rotatable bonds is 11. The molecule has 0 unspecified atom stereocenters. The summed E-state index contributed by atoms with van der Waals surface area (Å²) in [4.78, 5) is 27.5. The fourth-order valence-electron chi connectivity index (χ4n) is 3.99. The van der Waals surface area contributed by atoms with Crippen LogP contribution in [0.4, 0.5) is 0 Å². The molecule has 0 aromatic heterocycles. The van der Waals surface area contributed by atoms with Crippen LogP contribution >= 0.6 is 0 Å². The molecule has 0 aliphatic carbocycles. The summed E-state index contributed by atoms with van der Waals surface area (Å²) >= 11 is 0. The van der Waals surface area contributed by atoms with E-state index < -0.39 is 0 Å². The highest BCUT2D eigenvalue weighted by molar-refractivity contribution is 5.86. The molecule has 0 fully saturated rings. The van der Waals surface area contributed by atoms with Crippen molar-refractivity contribution in [1.29, 1.82) is 0 Å². The van der Waals surface area contributed by atoms with Gasteiger partial charge < -0.3 is 15.0 Å². The molecule has 1 aromatic carbocycles. The molecule has 1 rings (SSSR count). The number of methoxy groups -OCH3 is 1. The molecule has 0 saturated heterocycles. The number of amides is 2. The molecule has 2 amide bonds. The molecule has 0 radical (unpaired) electrons. The standard InChI is InChI=1S/C25H40N2O3/c1-9-21(25(5,6)20-13-11-10-12-14-20)24(29)26-16-23(28)27(7)22(18(2)3)15-19(4)17-30-8/h10-15,18,21-22H,9,16-17H2,1-8H3,(H,26,29)/b19-15+/t21-,22-/m1/s1. The third-order valence-corrected chi connectivity index (χ3v) is 5.88. The monoisotopic (exact) mass is 416 g/mol. The summed E-state index contributed by atoms with van der Waals surface area (Å²) < 4.78 is 5.18. The zero-order valence-electron chi connectivity index (χ0n) is 20.0. The largest absolute Gasteiger partial charge is 0.380 e. The Labute approximate surface area is 182 Å². The molecule has 0 saturated carbocycles. The van der Waals surface area contributed by atoms with Crippen LogP contribution in [0.3, 0.4) is 0 Å². The lowest BCUT2D eigenvalue weighted by molar-refractivity contribution is -0.135. The van der Waals surface area contributed by atoms with Crippen molar-refractivity contribution in [2.75, 3.05) is 27.3 Å². The number of nitrogens with zero attached hydrogens (tertiary/aromatic N) is 1. The molecule has 1 aromatic rings. The van der Waals surface area contributed by atoms with Crippen LogP contribution in [0.5, 0.6) is 0 Å². The van der Waals surface area contributed by atoms with Crippen molar-refractivity contribution in [3.05, 3.63) is 47.5 Å². The molecule has 2 atom stereocenters. The second-order valence-electron chi connectivity index (χ2n) is 8.95. The number of hydrogen-bond donors (Lipinski definition) is 1. The maximum Gasteiger partial charge on any atom is 0.242 e. The van der Waals surface area contributed by atoms with E-state index in [2.05, 4.69) is 51.2 Å². The van der Waals surface area contributed by atoms with Gasteiger partial charge in [-0.1, -0.05) is 71.0 Å². The van der Waals surface area contributed by atoms with Crippen molar-refractivity contribution >= 4 is 11.8 Å². The topological polar surface area (TPSA) is 58.6 Å². The first-order chi connectivity index (χ1) is 14.1. The van der Waals surface area contributed by atoms with E-state index in [1.807, 2.05) is 32.0 Å². The molecule has 5 nitrogen and oxygen atoms in total. The van der Waals surface area contributed by atoms with Gasteiger partial charge in [-0.25, -0.2) is 0 Å². The number of likely N-dealkylation sites (N-methyl/N-ethyl adjacent to an activating group) is 1. The Morgan fingerprint density at radius 1 is 1.20 bits per heavy atom. The number of hydrogen-bond acceptors (Lipinski definition) is 3. The first-order valence-electron chi connectivity index (χ1n) is 10.8. The number of carbonyl (C=O) groups excluding carboxylic acids is 2. The molecule has 5 heteroatoms. The fourth-order valence-corrected chi connectivity index (χ4v) is 3.99. The van der Waals surface area contributed by atoms with Crippen LogP contribution in [0.25, 0.3) is 0 Å². The Morgan fingerprint density at radius 3 is 2.30 bits per heavy atom. The van der Waals surface area contributed by atoms with E-state index in [1.54, 1.807) is 19.1 Å². The van der Waals surface area contributed by atoms with Gasteiger partial charge in [0.1, 0.15) is 0 Å². The third kappa shape index (κ3) is 6.98. The molecule has 0 aliphatic rings. The summed E-state index contributed by atoms with van der Waals surface area (Å²) in [6.45, 7) is 12.9. The summed E-state index contributed by atoms with van der Waals surface area (Å²) in [6.07, 6.45) is 2.77. The number of benzene rings is 1. The van der Waals surface area contributed by atoms with Crippen molar-refractivity contribution in [3.63, 3.8) is 0 Å². The summed E-state index contributed by atoms with van der Waals surface area (Å²) in [5.41, 5.74) is 1.87.